The number of nitrogens with one attached hydrogen (secondary N) is 2. The van der Waals surface area contributed by atoms with Gasteiger partial charge in [0.1, 0.15) is 23.5 Å². The molecular weight excluding hydrogens is 654 g/mol. The van der Waals surface area contributed by atoms with Gasteiger partial charge in [0.15, 0.2) is 12.4 Å². The third-order valence-corrected chi connectivity index (χ3v) is 10.1. The number of piperidine rings is 1. The van der Waals surface area contributed by atoms with Gasteiger partial charge in [0.25, 0.3) is 11.8 Å². The Morgan fingerprint density at radius 1 is 0.882 bits per heavy atom. The van der Waals surface area contributed by atoms with Gasteiger partial charge in [0, 0.05) is 55.0 Å². The molecule has 1 aliphatic carbocycles. The molecule has 268 valence electrons. The fraction of sp³-hybridized carbons (Fsp3) is 0.447. The predicted octanol–water partition coefficient (Wildman–Crippen LogP) is 3.36. The number of hydrogen-bond acceptors (Lipinski definition) is 8. The zero-order chi connectivity index (χ0) is 35.9. The Kier molecular flexibility index (Phi) is 11.2. The first-order chi connectivity index (χ1) is 24.7. The van der Waals surface area contributed by atoms with Gasteiger partial charge in [-0.3, -0.25) is 28.8 Å². The molecule has 2 saturated heterocycles. The Labute approximate surface area is 295 Å². The van der Waals surface area contributed by atoms with Crippen LogP contribution in [0.2, 0.25) is 0 Å². The Balaban J connectivity index is 1.12. The summed E-state index contributed by atoms with van der Waals surface area (Å²) in [4.78, 5) is 85.6. The number of ketones is 1. The number of amides is 4. The van der Waals surface area contributed by atoms with Crippen molar-refractivity contribution in [2.24, 2.45) is 5.92 Å². The SMILES string of the molecule is O=C(O)CC[C@H](NC(=O)c1cc(OCC(=O)N2CCC[C@H]2C(=O)NC2CCC2)c2ccccc2n1)C(=O)N1CCC(C(=O)c2ccccc2)CC1. The van der Waals surface area contributed by atoms with E-state index in [1.165, 1.54) is 6.07 Å². The number of likely N-dealkylation sites (tertiary alicyclic amines) is 2. The van der Waals surface area contributed by atoms with E-state index < -0.39 is 29.9 Å². The first-order valence-electron chi connectivity index (χ1n) is 17.7. The number of aromatic nitrogens is 1. The second-order valence-electron chi connectivity index (χ2n) is 13.5. The summed E-state index contributed by atoms with van der Waals surface area (Å²) in [6.45, 7) is 0.678. The molecule has 4 amide bonds. The average Bonchev–Trinajstić information content (AvgIpc) is 3.64. The maximum Gasteiger partial charge on any atom is 0.303 e. The summed E-state index contributed by atoms with van der Waals surface area (Å²) in [5.41, 5.74) is 0.969. The zero-order valence-corrected chi connectivity index (χ0v) is 28.4. The van der Waals surface area contributed by atoms with Crippen LogP contribution < -0.4 is 15.4 Å². The predicted molar refractivity (Wildman–Crippen MR) is 186 cm³/mol. The number of hydrogen-bond donors (Lipinski definition) is 3. The van der Waals surface area contributed by atoms with Gasteiger partial charge in [-0.25, -0.2) is 4.98 Å². The molecule has 1 aromatic heterocycles. The van der Waals surface area contributed by atoms with E-state index in [-0.39, 0.29) is 60.4 Å². The number of Topliss-reactive ketones (excluding diaryl/α,β-unsaturated/α-hetero) is 1. The van der Waals surface area contributed by atoms with E-state index in [0.29, 0.717) is 61.8 Å². The summed E-state index contributed by atoms with van der Waals surface area (Å²) in [6, 6.07) is 15.8. The third kappa shape index (κ3) is 8.53. The lowest BCUT2D eigenvalue weighted by Gasteiger charge is -2.34. The molecule has 13 heteroatoms. The van der Waals surface area contributed by atoms with Gasteiger partial charge in [-0.2, -0.15) is 0 Å². The number of nitrogens with zero attached hydrogens (tertiary/aromatic N) is 3. The summed E-state index contributed by atoms with van der Waals surface area (Å²) >= 11 is 0. The van der Waals surface area contributed by atoms with Gasteiger partial charge in [0.05, 0.1) is 5.52 Å². The van der Waals surface area contributed by atoms with Crippen LogP contribution >= 0.6 is 0 Å². The molecule has 0 unspecified atom stereocenters. The highest BCUT2D eigenvalue weighted by Crippen LogP contribution is 2.28. The molecule has 3 aromatic rings. The van der Waals surface area contributed by atoms with Gasteiger partial charge in [-0.1, -0.05) is 42.5 Å². The van der Waals surface area contributed by atoms with E-state index >= 15 is 0 Å². The van der Waals surface area contributed by atoms with Crippen LogP contribution in [-0.2, 0) is 19.2 Å². The quantitative estimate of drug-likeness (QED) is 0.226. The number of carboxylic acid groups (broad SMARTS) is 1. The first-order valence-corrected chi connectivity index (χ1v) is 17.7. The molecule has 3 heterocycles. The smallest absolute Gasteiger partial charge is 0.303 e. The van der Waals surface area contributed by atoms with Crippen LogP contribution in [0.1, 0.15) is 78.6 Å². The lowest BCUT2D eigenvalue weighted by molar-refractivity contribution is -0.140. The first kappa shape index (κ1) is 35.5. The maximum absolute atomic E-state index is 13.7. The third-order valence-electron chi connectivity index (χ3n) is 10.1. The van der Waals surface area contributed by atoms with Crippen LogP contribution in [0.15, 0.2) is 60.7 Å². The average molecular weight is 698 g/mol. The molecule has 0 bridgehead atoms. The maximum atomic E-state index is 13.7. The van der Waals surface area contributed by atoms with Crippen molar-refractivity contribution in [2.45, 2.75) is 75.9 Å². The van der Waals surface area contributed by atoms with Gasteiger partial charge in [-0.15, -0.1) is 0 Å². The number of para-hydroxylation sites is 1. The Bertz CT molecular complexity index is 1790. The standard InChI is InChI=1S/C38H43N5O8/c44-33(43-19-7-14-31(43)37(49)39-26-10-6-11-26)23-51-32-22-30(40-28-13-5-4-12-27(28)32)36(48)41-29(15-16-34(45)46)38(50)42-20-17-25(18-21-42)35(47)24-8-2-1-3-9-24/h1-5,8-9,12-13,22,25-26,29,31H,6-7,10-11,14-21,23H2,(H,39,49)(H,41,48)(H,45,46)/t29-,31-/m0/s1. The second kappa shape index (κ2) is 16.1. The zero-order valence-electron chi connectivity index (χ0n) is 28.4. The van der Waals surface area contributed by atoms with E-state index in [9.17, 15) is 33.9 Å². The van der Waals surface area contributed by atoms with Crippen molar-refractivity contribution in [3.63, 3.8) is 0 Å². The molecule has 3 fully saturated rings. The molecule has 3 N–H and O–H groups in total. The van der Waals surface area contributed by atoms with Crippen molar-refractivity contribution in [1.29, 1.82) is 0 Å². The Morgan fingerprint density at radius 3 is 2.31 bits per heavy atom. The summed E-state index contributed by atoms with van der Waals surface area (Å²) in [5, 5.41) is 15.7. The van der Waals surface area contributed by atoms with Gasteiger partial charge in [0.2, 0.25) is 11.8 Å². The van der Waals surface area contributed by atoms with Crippen molar-refractivity contribution in [1.82, 2.24) is 25.4 Å². The lowest BCUT2D eigenvalue weighted by Crippen LogP contribution is -2.51. The number of ether oxygens (including phenoxy) is 1. The van der Waals surface area contributed by atoms with Gasteiger partial charge in [-0.05, 0) is 63.5 Å². The molecule has 0 radical (unpaired) electrons. The number of benzene rings is 2. The van der Waals surface area contributed by atoms with Gasteiger partial charge >= 0.3 is 5.97 Å². The summed E-state index contributed by atoms with van der Waals surface area (Å²) in [6.07, 6.45) is 4.69. The molecule has 13 nitrogen and oxygen atoms in total. The number of carbonyl (C=O) groups is 6. The number of rotatable bonds is 13. The van der Waals surface area contributed by atoms with E-state index in [2.05, 4.69) is 15.6 Å². The minimum Gasteiger partial charge on any atom is -0.483 e. The van der Waals surface area contributed by atoms with Crippen LogP contribution in [-0.4, -0.2) is 99.6 Å². The molecule has 2 aromatic carbocycles. The van der Waals surface area contributed by atoms with Crippen molar-refractivity contribution < 1.29 is 38.6 Å². The number of carboxylic acids is 1. The Morgan fingerprint density at radius 2 is 1.61 bits per heavy atom. The van der Waals surface area contributed by atoms with Crippen LogP contribution in [0.4, 0.5) is 0 Å². The van der Waals surface area contributed by atoms with Crippen LogP contribution in [0.3, 0.4) is 0 Å². The fourth-order valence-electron chi connectivity index (χ4n) is 6.97. The van der Waals surface area contributed by atoms with E-state index in [4.69, 9.17) is 4.74 Å². The van der Waals surface area contributed by atoms with Crippen molar-refractivity contribution in [3.05, 3.63) is 71.9 Å². The summed E-state index contributed by atoms with van der Waals surface area (Å²) in [7, 11) is 0. The molecular formula is C38H43N5O8. The van der Waals surface area contributed by atoms with Crippen LogP contribution in [0, 0.1) is 5.92 Å². The second-order valence-corrected chi connectivity index (χ2v) is 13.5. The van der Waals surface area contributed by atoms with E-state index in [1.807, 2.05) is 18.2 Å². The van der Waals surface area contributed by atoms with E-state index in [0.717, 1.165) is 19.3 Å². The van der Waals surface area contributed by atoms with Crippen molar-refractivity contribution in [2.75, 3.05) is 26.2 Å². The highest BCUT2D eigenvalue weighted by molar-refractivity contribution is 6.00. The Hall–Kier alpha value is -5.33. The van der Waals surface area contributed by atoms with E-state index in [1.54, 1.807) is 46.2 Å². The number of fused-ring (bicyclic) bond motifs is 1. The fourth-order valence-corrected chi connectivity index (χ4v) is 6.97. The van der Waals surface area contributed by atoms with Crippen molar-refractivity contribution in [3.8, 4) is 5.75 Å². The molecule has 6 rings (SSSR count). The molecule has 1 saturated carbocycles. The normalized spacial score (nSPS) is 18.5. The summed E-state index contributed by atoms with van der Waals surface area (Å²) in [5.74, 6) is -2.72. The van der Waals surface area contributed by atoms with Crippen LogP contribution in [0.25, 0.3) is 10.9 Å². The number of aliphatic carboxylic acids is 1. The minimum atomic E-state index is -1.15. The van der Waals surface area contributed by atoms with Crippen molar-refractivity contribution >= 4 is 46.3 Å². The summed E-state index contributed by atoms with van der Waals surface area (Å²) < 4.78 is 5.99. The molecule has 2 atom stereocenters. The topological polar surface area (TPSA) is 175 Å². The largest absolute Gasteiger partial charge is 0.483 e. The lowest BCUT2D eigenvalue weighted by atomic mass is 9.88. The highest BCUT2D eigenvalue weighted by atomic mass is 16.5. The monoisotopic (exact) mass is 697 g/mol. The molecule has 51 heavy (non-hydrogen) atoms. The number of carbonyl (C=O) groups excluding carboxylic acids is 5. The van der Waals surface area contributed by atoms with Crippen LogP contribution in [0.5, 0.6) is 5.75 Å². The molecule has 3 aliphatic rings. The molecule has 0 spiro atoms. The minimum absolute atomic E-state index is 0.0234. The highest BCUT2D eigenvalue weighted by Gasteiger charge is 2.36. The number of pyridine rings is 1. The molecule has 2 aliphatic heterocycles. The van der Waals surface area contributed by atoms with Gasteiger partial charge < -0.3 is 30.3 Å².